The van der Waals surface area contributed by atoms with E-state index in [1.165, 1.54) is 21.7 Å². The fraction of sp³-hybridized carbons (Fsp3) is 0.212. The van der Waals surface area contributed by atoms with E-state index in [1.54, 1.807) is 13.0 Å². The van der Waals surface area contributed by atoms with Crippen molar-refractivity contribution in [2.45, 2.75) is 38.9 Å². The van der Waals surface area contributed by atoms with E-state index >= 15 is 0 Å². The predicted molar refractivity (Wildman–Crippen MR) is 214 cm³/mol. The third-order valence-electron chi connectivity index (χ3n) is 8.66. The molecule has 0 unspecified atom stereocenters. The zero-order valence-electron chi connectivity index (χ0n) is 32.4. The van der Waals surface area contributed by atoms with E-state index in [0.29, 0.717) is 16.3 Å². The summed E-state index contributed by atoms with van der Waals surface area (Å²) in [5.74, 6) is -7.24. The van der Waals surface area contributed by atoms with Crippen LogP contribution in [0.25, 0.3) is 5.78 Å². The number of hydrogen-bond acceptors (Lipinski definition) is 21. The maximum absolute atomic E-state index is 13.5. The molecule has 316 valence electrons. The summed E-state index contributed by atoms with van der Waals surface area (Å²) in [6, 6.07) is 6.23. The van der Waals surface area contributed by atoms with Gasteiger partial charge in [0.1, 0.15) is 33.6 Å². The molecule has 0 spiro atoms. The summed E-state index contributed by atoms with van der Waals surface area (Å²) in [4.78, 5) is 57.6. The van der Waals surface area contributed by atoms with Gasteiger partial charge >= 0.3 is 35.5 Å². The second-order valence-electron chi connectivity index (χ2n) is 12.8. The maximum atomic E-state index is 13.5. The number of nitrogens with one attached hydrogen (secondary N) is 1. The number of benzene rings is 2. The Morgan fingerprint density at radius 2 is 1.66 bits per heavy atom. The van der Waals surface area contributed by atoms with Crippen LogP contribution in [-0.2, 0) is 44.6 Å². The normalized spacial score (nSPS) is 16.8. The minimum atomic E-state index is -4.26. The summed E-state index contributed by atoms with van der Waals surface area (Å²) in [5, 5.41) is 60.3. The van der Waals surface area contributed by atoms with Gasteiger partial charge in [0.15, 0.2) is 49.5 Å². The molecule has 1 saturated heterocycles. The van der Waals surface area contributed by atoms with Crippen molar-refractivity contribution in [3.63, 3.8) is 0 Å². The van der Waals surface area contributed by atoms with Crippen molar-refractivity contribution in [3.8, 4) is 23.0 Å². The Labute approximate surface area is 380 Å². The van der Waals surface area contributed by atoms with Crippen molar-refractivity contribution in [2.24, 2.45) is 5.16 Å². The first-order valence-electron chi connectivity index (χ1n) is 16.8. The molecule has 28 heteroatoms. The average molecular weight is 944 g/mol. The molecule has 0 radical (unpaired) electrons. The number of oxime groups is 1. The van der Waals surface area contributed by atoms with Crippen LogP contribution in [0.2, 0.25) is 0 Å². The second-order valence-corrected chi connectivity index (χ2v) is 19.7. The van der Waals surface area contributed by atoms with Crippen LogP contribution in [-0.4, -0.2) is 124 Å². The van der Waals surface area contributed by atoms with Gasteiger partial charge in [0.25, 0.3) is 17.6 Å². The molecule has 8 N–H and O–H groups in total. The van der Waals surface area contributed by atoms with Gasteiger partial charge in [0.2, 0.25) is 15.8 Å². The number of fused-ring (bicyclic) bond motifs is 2. The van der Waals surface area contributed by atoms with Gasteiger partial charge in [-0.15, -0.1) is 40.0 Å². The summed E-state index contributed by atoms with van der Waals surface area (Å²) in [6.07, 6.45) is 0. The van der Waals surface area contributed by atoms with Crippen molar-refractivity contribution in [3.05, 3.63) is 76.3 Å². The topological polar surface area (TPSA) is 339 Å². The molecule has 61 heavy (non-hydrogen) atoms. The number of aryl methyl sites for hydroxylation is 1. The first kappa shape index (κ1) is 45.4. The van der Waals surface area contributed by atoms with Crippen molar-refractivity contribution in [2.75, 3.05) is 23.2 Å². The van der Waals surface area contributed by atoms with Crippen molar-refractivity contribution >= 4 is 88.9 Å². The Morgan fingerprint density at radius 3 is 2.26 bits per heavy atom. The minimum absolute atomic E-state index is 0. The van der Waals surface area contributed by atoms with Crippen LogP contribution in [0.5, 0.6) is 23.0 Å². The van der Waals surface area contributed by atoms with Crippen LogP contribution < -0.4 is 40.6 Å². The standard InChI is InChI=1S/C33H29N9O13S5.Na.H/c1-14-6-24(42-33(35-14)37-23(39-42)12-59(51,52)16-2-4-19(43)21(45)7-16)56-9-15-10-57-30-26(29(48)41(30)27(15)31(49)50)38-28(47)25(18-11-58-32(34)36-18)40-55-13-60(53,54)17-3-5-20(44)22(46)8-17;;/h2-8,11,26,30,43-46H,9-10,12-13H2,1H3,(H2,34,36)(H,38,47)(H,49,50);;/q;+1;-1/b40-25-;;/t26-,30-;;/m1../s1. The predicted octanol–water partition coefficient (Wildman–Crippen LogP) is -1.93. The van der Waals surface area contributed by atoms with Crippen LogP contribution in [0.1, 0.15) is 18.6 Å². The number of β-lactam (4-membered cyclic amide) rings is 1. The summed E-state index contributed by atoms with van der Waals surface area (Å²) >= 11 is 3.23. The zero-order valence-corrected chi connectivity index (χ0v) is 37.4. The number of aromatic hydroxyl groups is 4. The van der Waals surface area contributed by atoms with E-state index in [-0.39, 0.29) is 75.5 Å². The zero-order chi connectivity index (χ0) is 43.3. The number of phenols is 4. The Kier molecular flexibility index (Phi) is 13.1. The molecule has 3 aromatic heterocycles. The fourth-order valence-electron chi connectivity index (χ4n) is 5.80. The number of thiazole rings is 1. The van der Waals surface area contributed by atoms with E-state index in [0.717, 1.165) is 64.4 Å². The number of aliphatic carboxylic acids is 1. The molecular weight excluding hydrogens is 914 g/mol. The SMILES string of the molecule is Cc1cc(SCC2=C(C(=O)O)N3C(=O)[C@@H](NC(=O)/C(=N\OCS(=O)(=O)c4ccc(O)c(O)c4)c4csc(N)n4)[C@H]3SC2)n2nc(CS(=O)(=O)c3ccc(O)c(O)c3)nc2n1.[H-].[Na+]. The number of carbonyl (C=O) groups excluding carboxylic acids is 2. The largest absolute Gasteiger partial charge is 1.00 e. The number of nitrogens with two attached hydrogens (primary N) is 1. The number of sulfone groups is 2. The summed E-state index contributed by atoms with van der Waals surface area (Å²) < 4.78 is 52.9. The van der Waals surface area contributed by atoms with E-state index < -0.39 is 94.2 Å². The van der Waals surface area contributed by atoms with Crippen LogP contribution in [0.4, 0.5) is 5.13 Å². The Hall–Kier alpha value is -5.16. The smallest absolute Gasteiger partial charge is 1.00 e. The Morgan fingerprint density at radius 1 is 1.00 bits per heavy atom. The van der Waals surface area contributed by atoms with Crippen LogP contribution >= 0.6 is 34.9 Å². The molecule has 2 aliphatic heterocycles. The number of amides is 2. The molecule has 0 bridgehead atoms. The summed E-state index contributed by atoms with van der Waals surface area (Å²) in [6.45, 7) is 1.67. The third-order valence-corrected chi connectivity index (χ3v) is 14.7. The molecule has 2 amide bonds. The number of rotatable bonds is 14. The number of carbonyl (C=O) groups is 3. The quantitative estimate of drug-likeness (QED) is 0.0121. The summed E-state index contributed by atoms with van der Waals surface area (Å²) in [5.41, 5.74) is 5.61. The van der Waals surface area contributed by atoms with Gasteiger partial charge in [0.05, 0.1) is 9.79 Å². The van der Waals surface area contributed by atoms with Gasteiger partial charge < -0.3 is 42.8 Å². The molecule has 5 aromatic rings. The third kappa shape index (κ3) is 9.37. The number of nitrogen functional groups attached to an aromatic ring is 1. The van der Waals surface area contributed by atoms with Crippen LogP contribution in [0.3, 0.4) is 0 Å². The summed E-state index contributed by atoms with van der Waals surface area (Å²) in [7, 11) is -8.33. The molecule has 0 saturated carbocycles. The molecule has 2 aliphatic rings. The van der Waals surface area contributed by atoms with Gasteiger partial charge in [-0.05, 0) is 42.8 Å². The number of aromatic nitrogens is 5. The van der Waals surface area contributed by atoms with Gasteiger partial charge in [-0.1, -0.05) is 5.16 Å². The second kappa shape index (κ2) is 17.7. The molecular formula is C33H30N9NaO13S5. The molecule has 22 nitrogen and oxygen atoms in total. The van der Waals surface area contributed by atoms with E-state index in [2.05, 4.69) is 30.5 Å². The number of phenolic OH excluding ortho intramolecular Hbond substituents is 4. The molecule has 2 atom stereocenters. The number of carboxylic acid groups (broad SMARTS) is 1. The van der Waals surface area contributed by atoms with Crippen LogP contribution in [0, 0.1) is 6.92 Å². The Bertz CT molecular complexity index is 2910. The number of carboxylic acids is 1. The molecule has 7 rings (SSSR count). The van der Waals surface area contributed by atoms with Gasteiger partial charge in [-0.25, -0.2) is 31.6 Å². The first-order chi connectivity index (χ1) is 28.3. The van der Waals surface area contributed by atoms with Crippen molar-refractivity contribution in [1.82, 2.24) is 34.8 Å². The molecule has 2 aromatic carbocycles. The van der Waals surface area contributed by atoms with Gasteiger partial charge in [-0.3, -0.25) is 14.5 Å². The van der Waals surface area contributed by atoms with Gasteiger partial charge in [0, 0.05) is 34.7 Å². The van der Waals surface area contributed by atoms with Crippen LogP contribution in [0.15, 0.2) is 79.1 Å². The van der Waals surface area contributed by atoms with Gasteiger partial charge in [-0.2, -0.15) is 9.50 Å². The van der Waals surface area contributed by atoms with E-state index in [4.69, 9.17) is 10.6 Å². The number of anilines is 1. The van der Waals surface area contributed by atoms with Crippen molar-refractivity contribution < 1.29 is 92.6 Å². The molecule has 1 fully saturated rings. The average Bonchev–Trinajstić information content (AvgIpc) is 3.80. The minimum Gasteiger partial charge on any atom is -1.00 e. The van der Waals surface area contributed by atoms with Crippen molar-refractivity contribution in [1.29, 1.82) is 0 Å². The van der Waals surface area contributed by atoms with E-state index in [9.17, 15) is 56.8 Å². The fourth-order valence-corrected chi connectivity index (χ4v) is 11.0. The number of hydrogen-bond donors (Lipinski definition) is 7. The monoisotopic (exact) mass is 943 g/mol. The van der Waals surface area contributed by atoms with E-state index in [1.807, 2.05) is 0 Å². The molecule has 5 heterocycles. The number of nitrogens with zero attached hydrogens (tertiary/aromatic N) is 7. The number of thioether (sulfide) groups is 2. The maximum Gasteiger partial charge on any atom is 1.00 e. The molecule has 0 aliphatic carbocycles. The Balaban J connectivity index is 0.00000363. The first-order valence-corrected chi connectivity index (χ1v) is 23.0.